The summed E-state index contributed by atoms with van der Waals surface area (Å²) in [4.78, 5) is 29.2. The molecular weight excluding hydrogens is 362 g/mol. The van der Waals surface area contributed by atoms with Gasteiger partial charge in [-0.1, -0.05) is 23.7 Å². The molecule has 0 saturated heterocycles. The van der Waals surface area contributed by atoms with Gasteiger partial charge in [-0.05, 0) is 54.0 Å². The van der Waals surface area contributed by atoms with Crippen molar-refractivity contribution in [3.05, 3.63) is 67.8 Å². The Kier molecular flexibility index (Phi) is 4.94. The summed E-state index contributed by atoms with van der Waals surface area (Å²) in [6.45, 7) is 1.95. The fourth-order valence-corrected chi connectivity index (χ4v) is 4.38. The van der Waals surface area contributed by atoms with Gasteiger partial charge in [-0.3, -0.25) is 9.59 Å². The zero-order chi connectivity index (χ0) is 17.3. The standard InChI is InChI=1S/C18H14ClNO2S2/c1-10-3-4-11(13(19)9-10)5-6-14(21)15-16(23-2)12-7-8-24-18(12)20-17(15)22/h3-9H,1-2H3,(H,20,22)/b6-5+. The number of fused-ring (bicyclic) bond motifs is 1. The first-order valence-corrected chi connectivity index (χ1v) is 9.65. The SMILES string of the molecule is CSc1c(C(=O)/C=C/c2ccc(C)cc2Cl)c(=O)[nH]c2sccc12. The summed E-state index contributed by atoms with van der Waals surface area (Å²) in [5, 5.41) is 3.37. The van der Waals surface area contributed by atoms with Gasteiger partial charge in [0, 0.05) is 15.3 Å². The molecule has 24 heavy (non-hydrogen) atoms. The van der Waals surface area contributed by atoms with Crippen molar-refractivity contribution in [3.8, 4) is 0 Å². The van der Waals surface area contributed by atoms with Crippen LogP contribution in [0.4, 0.5) is 0 Å². The first-order valence-electron chi connectivity index (χ1n) is 7.17. The number of carbonyl (C=O) groups excluding carboxylic acids is 1. The number of pyridine rings is 1. The highest BCUT2D eigenvalue weighted by Crippen LogP contribution is 2.30. The Morgan fingerprint density at radius 3 is 2.83 bits per heavy atom. The maximum atomic E-state index is 12.6. The van der Waals surface area contributed by atoms with Crippen molar-refractivity contribution in [1.29, 1.82) is 0 Å². The van der Waals surface area contributed by atoms with Gasteiger partial charge in [0.25, 0.3) is 5.56 Å². The van der Waals surface area contributed by atoms with E-state index >= 15 is 0 Å². The first kappa shape index (κ1) is 17.0. The zero-order valence-electron chi connectivity index (χ0n) is 13.1. The predicted molar refractivity (Wildman–Crippen MR) is 104 cm³/mol. The minimum Gasteiger partial charge on any atom is -0.313 e. The van der Waals surface area contributed by atoms with Gasteiger partial charge in [0.15, 0.2) is 5.78 Å². The Morgan fingerprint density at radius 2 is 2.12 bits per heavy atom. The minimum atomic E-state index is -0.362. The molecule has 2 heterocycles. The Hall–Kier alpha value is -1.82. The van der Waals surface area contributed by atoms with E-state index < -0.39 is 0 Å². The predicted octanol–water partition coefficient (Wildman–Crippen LogP) is 5.17. The second-order valence-corrected chi connectivity index (χ2v) is 7.39. The molecule has 0 spiro atoms. The minimum absolute atomic E-state index is 0.174. The van der Waals surface area contributed by atoms with E-state index in [9.17, 15) is 9.59 Å². The third kappa shape index (κ3) is 3.20. The van der Waals surface area contributed by atoms with Gasteiger partial charge in [-0.15, -0.1) is 23.1 Å². The van der Waals surface area contributed by atoms with E-state index in [1.54, 1.807) is 6.08 Å². The second-order valence-electron chi connectivity index (χ2n) is 5.25. The number of allylic oxidation sites excluding steroid dienone is 1. The summed E-state index contributed by atoms with van der Waals surface area (Å²) in [7, 11) is 0. The number of ketones is 1. The number of H-pyrrole nitrogens is 1. The lowest BCUT2D eigenvalue weighted by molar-refractivity contribution is 0.104. The molecule has 1 aromatic carbocycles. The molecule has 1 N–H and O–H groups in total. The van der Waals surface area contributed by atoms with Crippen LogP contribution in [0.1, 0.15) is 21.5 Å². The number of hydrogen-bond acceptors (Lipinski definition) is 4. The van der Waals surface area contributed by atoms with Crippen LogP contribution in [0.5, 0.6) is 0 Å². The van der Waals surface area contributed by atoms with Crippen LogP contribution in [0.3, 0.4) is 0 Å². The molecule has 6 heteroatoms. The molecule has 122 valence electrons. The lowest BCUT2D eigenvalue weighted by Gasteiger charge is -2.05. The number of benzene rings is 1. The number of nitrogens with one attached hydrogen (secondary N) is 1. The quantitative estimate of drug-likeness (QED) is 0.389. The number of aromatic nitrogens is 1. The van der Waals surface area contributed by atoms with Crippen LogP contribution >= 0.6 is 34.7 Å². The number of halogens is 1. The number of rotatable bonds is 4. The van der Waals surface area contributed by atoms with Crippen molar-refractivity contribution in [2.24, 2.45) is 0 Å². The van der Waals surface area contributed by atoms with Crippen LogP contribution in [0, 0.1) is 6.92 Å². The second kappa shape index (κ2) is 6.97. The summed E-state index contributed by atoms with van der Waals surface area (Å²) in [6, 6.07) is 7.53. The number of thioether (sulfide) groups is 1. The molecule has 0 bridgehead atoms. The van der Waals surface area contributed by atoms with Gasteiger partial charge in [-0.2, -0.15) is 0 Å². The molecule has 3 rings (SSSR count). The fraction of sp³-hybridized carbons (Fsp3) is 0.111. The molecule has 3 aromatic rings. The highest BCUT2D eigenvalue weighted by atomic mass is 35.5. The molecule has 0 atom stereocenters. The highest BCUT2D eigenvalue weighted by Gasteiger charge is 2.17. The van der Waals surface area contributed by atoms with Crippen molar-refractivity contribution < 1.29 is 4.79 Å². The number of aromatic amines is 1. The largest absolute Gasteiger partial charge is 0.313 e. The smallest absolute Gasteiger partial charge is 0.261 e. The monoisotopic (exact) mass is 375 g/mol. The molecule has 0 fully saturated rings. The van der Waals surface area contributed by atoms with Crippen LogP contribution in [0.15, 0.2) is 45.4 Å². The summed E-state index contributed by atoms with van der Waals surface area (Å²) in [5.74, 6) is -0.328. The van der Waals surface area contributed by atoms with Gasteiger partial charge in [-0.25, -0.2) is 0 Å². The summed E-state index contributed by atoms with van der Waals surface area (Å²) in [6.07, 6.45) is 4.91. The van der Waals surface area contributed by atoms with Gasteiger partial charge in [0.2, 0.25) is 0 Å². The summed E-state index contributed by atoms with van der Waals surface area (Å²) >= 11 is 9.03. The van der Waals surface area contributed by atoms with Crippen molar-refractivity contribution in [1.82, 2.24) is 4.98 Å². The van der Waals surface area contributed by atoms with Crippen LogP contribution in [-0.4, -0.2) is 17.0 Å². The molecule has 0 amide bonds. The maximum absolute atomic E-state index is 12.6. The van der Waals surface area contributed by atoms with E-state index in [0.29, 0.717) is 9.92 Å². The average Bonchev–Trinajstić information content (AvgIpc) is 3.00. The Morgan fingerprint density at radius 1 is 1.33 bits per heavy atom. The van der Waals surface area contributed by atoms with Crippen LogP contribution in [0.25, 0.3) is 16.3 Å². The van der Waals surface area contributed by atoms with E-state index in [1.807, 2.05) is 42.8 Å². The van der Waals surface area contributed by atoms with Gasteiger partial charge in [0.05, 0.1) is 0 Å². The molecule has 3 nitrogen and oxygen atoms in total. The highest BCUT2D eigenvalue weighted by molar-refractivity contribution is 7.99. The molecule has 0 aliphatic heterocycles. The average molecular weight is 376 g/mol. The number of hydrogen-bond donors (Lipinski definition) is 1. The lowest BCUT2D eigenvalue weighted by atomic mass is 10.1. The van der Waals surface area contributed by atoms with Gasteiger partial charge < -0.3 is 4.98 Å². The topological polar surface area (TPSA) is 49.9 Å². The van der Waals surface area contributed by atoms with Crippen LogP contribution in [0.2, 0.25) is 5.02 Å². The molecule has 2 aromatic heterocycles. The molecule has 0 aliphatic carbocycles. The molecular formula is C18H14ClNO2S2. The number of aryl methyl sites for hydroxylation is 1. The summed E-state index contributed by atoms with van der Waals surface area (Å²) in [5.41, 5.74) is 1.61. The van der Waals surface area contributed by atoms with Crippen molar-refractivity contribution in [2.45, 2.75) is 11.8 Å². The maximum Gasteiger partial charge on any atom is 0.261 e. The van der Waals surface area contributed by atoms with E-state index in [1.165, 1.54) is 29.2 Å². The van der Waals surface area contributed by atoms with Crippen molar-refractivity contribution >= 4 is 56.8 Å². The normalized spacial score (nSPS) is 11.5. The van der Waals surface area contributed by atoms with Crippen LogP contribution in [-0.2, 0) is 0 Å². The first-order chi connectivity index (χ1) is 11.5. The molecule has 0 unspecified atom stereocenters. The molecule has 0 saturated carbocycles. The Bertz CT molecular complexity index is 1020. The van der Waals surface area contributed by atoms with Crippen molar-refractivity contribution in [2.75, 3.05) is 6.26 Å². The Labute approximate surface area is 152 Å². The third-order valence-corrected chi connectivity index (χ3v) is 5.60. The summed E-state index contributed by atoms with van der Waals surface area (Å²) < 4.78 is 0. The van der Waals surface area contributed by atoms with E-state index in [2.05, 4.69) is 4.98 Å². The van der Waals surface area contributed by atoms with Crippen molar-refractivity contribution in [3.63, 3.8) is 0 Å². The van der Waals surface area contributed by atoms with Crippen LogP contribution < -0.4 is 5.56 Å². The lowest BCUT2D eigenvalue weighted by Crippen LogP contribution is -2.17. The third-order valence-electron chi connectivity index (χ3n) is 3.61. The number of carbonyl (C=O) groups is 1. The van der Waals surface area contributed by atoms with E-state index in [4.69, 9.17) is 11.6 Å². The fourth-order valence-electron chi connectivity index (χ4n) is 2.44. The molecule has 0 radical (unpaired) electrons. The van der Waals surface area contributed by atoms with E-state index in [-0.39, 0.29) is 16.9 Å². The molecule has 0 aliphatic rings. The zero-order valence-corrected chi connectivity index (χ0v) is 15.4. The van der Waals surface area contributed by atoms with E-state index in [0.717, 1.165) is 21.3 Å². The van der Waals surface area contributed by atoms with Gasteiger partial charge in [0.1, 0.15) is 10.4 Å². The number of thiophene rings is 1. The van der Waals surface area contributed by atoms with Gasteiger partial charge >= 0.3 is 0 Å². The Balaban J connectivity index is 2.04.